The van der Waals surface area contributed by atoms with Gasteiger partial charge in [0.15, 0.2) is 0 Å². The Morgan fingerprint density at radius 2 is 1.92 bits per heavy atom. The van der Waals surface area contributed by atoms with E-state index in [0.29, 0.717) is 17.3 Å². The van der Waals surface area contributed by atoms with Crippen LogP contribution in [0, 0.1) is 13.8 Å². The van der Waals surface area contributed by atoms with Crippen molar-refractivity contribution in [2.75, 3.05) is 11.8 Å². The predicted octanol–water partition coefficient (Wildman–Crippen LogP) is 2.69. The van der Waals surface area contributed by atoms with Gasteiger partial charge in [-0.1, -0.05) is 0 Å². The summed E-state index contributed by atoms with van der Waals surface area (Å²) < 4.78 is 34.5. The van der Waals surface area contributed by atoms with E-state index in [0.717, 1.165) is 11.4 Å². The van der Waals surface area contributed by atoms with Gasteiger partial charge in [0.2, 0.25) is 0 Å². The molecule has 0 saturated carbocycles. The Hall–Kier alpha value is -2.87. The smallest absolute Gasteiger partial charge is 0.261 e. The Labute approximate surface area is 146 Å². The second-order valence-corrected chi connectivity index (χ2v) is 7.17. The number of hydrogen-bond donors (Lipinski definition) is 1. The Kier molecular flexibility index (Phi) is 4.45. The summed E-state index contributed by atoms with van der Waals surface area (Å²) in [7, 11) is -2.15. The Bertz CT molecular complexity index is 995. The molecule has 1 aromatic carbocycles. The zero-order chi connectivity index (χ0) is 18.0. The van der Waals surface area contributed by atoms with Crippen molar-refractivity contribution in [2.45, 2.75) is 18.7 Å². The van der Waals surface area contributed by atoms with Gasteiger partial charge in [-0.15, -0.1) is 0 Å². The van der Waals surface area contributed by atoms with Crippen LogP contribution in [0.3, 0.4) is 0 Å². The summed E-state index contributed by atoms with van der Waals surface area (Å²) in [5.74, 6) is 2.11. The van der Waals surface area contributed by atoms with E-state index >= 15 is 0 Å². The lowest BCUT2D eigenvalue weighted by Gasteiger charge is -2.11. The highest BCUT2D eigenvalue weighted by molar-refractivity contribution is 7.92. The fraction of sp³-hybridized carbons (Fsp3) is 0.176. The molecule has 0 amide bonds. The van der Waals surface area contributed by atoms with E-state index in [1.807, 2.05) is 11.5 Å². The van der Waals surface area contributed by atoms with Gasteiger partial charge in [0, 0.05) is 12.4 Å². The third-order valence-electron chi connectivity index (χ3n) is 3.75. The van der Waals surface area contributed by atoms with E-state index < -0.39 is 10.0 Å². The summed E-state index contributed by atoms with van der Waals surface area (Å²) in [5, 5.41) is 0. The third kappa shape index (κ3) is 3.48. The number of rotatable bonds is 5. The number of aromatic nitrogens is 3. The van der Waals surface area contributed by atoms with Crippen LogP contribution < -0.4 is 9.46 Å². The molecule has 7 nitrogen and oxygen atoms in total. The van der Waals surface area contributed by atoms with E-state index in [4.69, 9.17) is 4.74 Å². The number of nitrogens with zero attached hydrogens (tertiary/aromatic N) is 3. The first kappa shape index (κ1) is 17.0. The minimum atomic E-state index is -3.70. The molecule has 1 N–H and O–H groups in total. The molecule has 0 aliphatic carbocycles. The molecule has 0 aliphatic rings. The van der Waals surface area contributed by atoms with Gasteiger partial charge in [-0.05, 0) is 49.7 Å². The standard InChI is InChI=1S/C17H18N4O3S/c1-12-10-15(5-6-16(12)24-3)25(22,23)20-14-4-7-17(19-11-14)21-9-8-18-13(21)2/h4-11,20H,1-3H3. The van der Waals surface area contributed by atoms with Crippen LogP contribution in [0.25, 0.3) is 5.82 Å². The molecule has 25 heavy (non-hydrogen) atoms. The monoisotopic (exact) mass is 358 g/mol. The molecular weight excluding hydrogens is 340 g/mol. The van der Waals surface area contributed by atoms with Crippen molar-refractivity contribution in [3.8, 4) is 11.6 Å². The minimum absolute atomic E-state index is 0.167. The summed E-state index contributed by atoms with van der Waals surface area (Å²) in [6.45, 7) is 3.66. The number of nitrogens with one attached hydrogen (secondary N) is 1. The SMILES string of the molecule is COc1ccc(S(=O)(=O)Nc2ccc(-n3ccnc3C)nc2)cc1C. The molecule has 0 saturated heterocycles. The van der Waals surface area contributed by atoms with Gasteiger partial charge in [0.05, 0.1) is 23.9 Å². The van der Waals surface area contributed by atoms with Gasteiger partial charge in [-0.2, -0.15) is 0 Å². The Morgan fingerprint density at radius 1 is 1.12 bits per heavy atom. The molecule has 0 atom stereocenters. The van der Waals surface area contributed by atoms with E-state index in [2.05, 4.69) is 14.7 Å². The lowest BCUT2D eigenvalue weighted by atomic mass is 10.2. The summed E-state index contributed by atoms with van der Waals surface area (Å²) >= 11 is 0. The fourth-order valence-electron chi connectivity index (χ4n) is 2.44. The Balaban J connectivity index is 1.84. The van der Waals surface area contributed by atoms with E-state index in [-0.39, 0.29) is 4.90 Å². The number of aryl methyl sites for hydroxylation is 2. The number of ether oxygens (including phenoxy) is 1. The van der Waals surface area contributed by atoms with Crippen LogP contribution >= 0.6 is 0 Å². The average molecular weight is 358 g/mol. The van der Waals surface area contributed by atoms with E-state index in [9.17, 15) is 8.42 Å². The number of sulfonamides is 1. The van der Waals surface area contributed by atoms with Gasteiger partial charge < -0.3 is 4.74 Å². The topological polar surface area (TPSA) is 86.1 Å². The first-order chi connectivity index (χ1) is 11.9. The summed E-state index contributed by atoms with van der Waals surface area (Å²) in [4.78, 5) is 8.59. The number of benzene rings is 1. The van der Waals surface area contributed by atoms with Gasteiger partial charge in [0.1, 0.15) is 17.4 Å². The van der Waals surface area contributed by atoms with Crippen LogP contribution in [-0.2, 0) is 10.0 Å². The lowest BCUT2D eigenvalue weighted by Crippen LogP contribution is -2.13. The van der Waals surface area contributed by atoms with Crippen LogP contribution in [-0.4, -0.2) is 30.1 Å². The summed E-state index contributed by atoms with van der Waals surface area (Å²) in [6, 6.07) is 8.09. The van der Waals surface area contributed by atoms with Crippen LogP contribution in [0.4, 0.5) is 5.69 Å². The first-order valence-corrected chi connectivity index (χ1v) is 9.03. The molecule has 2 aromatic heterocycles. The summed E-state index contributed by atoms with van der Waals surface area (Å²) in [5.41, 5.74) is 1.13. The molecule has 130 valence electrons. The maximum Gasteiger partial charge on any atom is 0.261 e. The van der Waals surface area contributed by atoms with Crippen molar-refractivity contribution in [3.05, 3.63) is 60.3 Å². The number of methoxy groups -OCH3 is 1. The molecule has 0 fully saturated rings. The van der Waals surface area contributed by atoms with Crippen molar-refractivity contribution in [3.63, 3.8) is 0 Å². The van der Waals surface area contributed by atoms with Gasteiger partial charge >= 0.3 is 0 Å². The zero-order valence-electron chi connectivity index (χ0n) is 14.1. The quantitative estimate of drug-likeness (QED) is 0.758. The molecule has 0 spiro atoms. The minimum Gasteiger partial charge on any atom is -0.496 e. The molecular formula is C17H18N4O3S. The fourth-order valence-corrected chi connectivity index (χ4v) is 3.57. The maximum atomic E-state index is 12.5. The molecule has 2 heterocycles. The average Bonchev–Trinajstić information content (AvgIpc) is 3.01. The van der Waals surface area contributed by atoms with Crippen molar-refractivity contribution >= 4 is 15.7 Å². The van der Waals surface area contributed by atoms with Gasteiger partial charge in [-0.3, -0.25) is 9.29 Å². The number of imidazole rings is 1. The van der Waals surface area contributed by atoms with Crippen molar-refractivity contribution < 1.29 is 13.2 Å². The normalized spacial score (nSPS) is 11.3. The highest BCUT2D eigenvalue weighted by atomic mass is 32.2. The molecule has 0 radical (unpaired) electrons. The van der Waals surface area contributed by atoms with Crippen molar-refractivity contribution in [2.24, 2.45) is 0 Å². The molecule has 3 aromatic rings. The van der Waals surface area contributed by atoms with Gasteiger partial charge in [0.25, 0.3) is 10.0 Å². The van der Waals surface area contributed by atoms with Crippen molar-refractivity contribution in [1.82, 2.24) is 14.5 Å². The van der Waals surface area contributed by atoms with E-state index in [1.54, 1.807) is 50.7 Å². The molecule has 3 rings (SSSR count). The first-order valence-electron chi connectivity index (χ1n) is 7.54. The largest absolute Gasteiger partial charge is 0.496 e. The highest BCUT2D eigenvalue weighted by Crippen LogP contribution is 2.23. The second kappa shape index (κ2) is 6.56. The lowest BCUT2D eigenvalue weighted by molar-refractivity contribution is 0.411. The van der Waals surface area contributed by atoms with E-state index in [1.165, 1.54) is 12.3 Å². The molecule has 0 unspecified atom stereocenters. The highest BCUT2D eigenvalue weighted by Gasteiger charge is 2.16. The number of anilines is 1. The maximum absolute atomic E-state index is 12.5. The predicted molar refractivity (Wildman–Crippen MR) is 94.6 cm³/mol. The van der Waals surface area contributed by atoms with Crippen molar-refractivity contribution in [1.29, 1.82) is 0 Å². The number of pyridine rings is 1. The summed E-state index contributed by atoms with van der Waals surface area (Å²) in [6.07, 6.45) is 4.95. The van der Waals surface area contributed by atoms with Crippen LogP contribution in [0.5, 0.6) is 5.75 Å². The molecule has 0 aliphatic heterocycles. The zero-order valence-corrected chi connectivity index (χ0v) is 14.9. The van der Waals surface area contributed by atoms with Gasteiger partial charge in [-0.25, -0.2) is 18.4 Å². The molecule has 0 bridgehead atoms. The van der Waals surface area contributed by atoms with Crippen LogP contribution in [0.15, 0.2) is 53.8 Å². The molecule has 8 heteroatoms. The number of hydrogen-bond acceptors (Lipinski definition) is 5. The Morgan fingerprint density at radius 3 is 2.48 bits per heavy atom. The van der Waals surface area contributed by atoms with Crippen LogP contribution in [0.2, 0.25) is 0 Å². The second-order valence-electron chi connectivity index (χ2n) is 5.49. The third-order valence-corrected chi connectivity index (χ3v) is 5.13. The van der Waals surface area contributed by atoms with Crippen LogP contribution in [0.1, 0.15) is 11.4 Å².